The third kappa shape index (κ3) is 5.50. The van der Waals surface area contributed by atoms with Crippen molar-refractivity contribution >= 4 is 5.69 Å². The smallest absolute Gasteiger partial charge is 0.204 e. The van der Waals surface area contributed by atoms with E-state index in [1.807, 2.05) is 18.2 Å². The first kappa shape index (κ1) is 30.2. The summed E-state index contributed by atoms with van der Waals surface area (Å²) in [6.07, 6.45) is 3.36. The van der Waals surface area contributed by atoms with E-state index in [0.29, 0.717) is 5.82 Å². The Kier molecular flexibility index (Phi) is 8.40. The number of allylic oxidation sites excluding steroid dienone is 2. The third-order valence-corrected chi connectivity index (χ3v) is 9.40. The van der Waals surface area contributed by atoms with Gasteiger partial charge in [-0.05, 0) is 65.1 Å². The first-order valence-electron chi connectivity index (χ1n) is 16.4. The van der Waals surface area contributed by atoms with Gasteiger partial charge in [-0.3, -0.25) is 0 Å². The van der Waals surface area contributed by atoms with Crippen LogP contribution in [0.2, 0.25) is 0 Å². The van der Waals surface area contributed by atoms with Crippen molar-refractivity contribution in [1.82, 2.24) is 25.1 Å². The molecule has 47 heavy (non-hydrogen) atoms. The van der Waals surface area contributed by atoms with Crippen molar-refractivity contribution in [1.29, 1.82) is 0 Å². The van der Waals surface area contributed by atoms with E-state index in [2.05, 4.69) is 163 Å². The van der Waals surface area contributed by atoms with Crippen LogP contribution in [0, 0.1) is 0 Å². The van der Waals surface area contributed by atoms with Gasteiger partial charge in [0.25, 0.3) is 0 Å². The lowest BCUT2D eigenvalue weighted by Crippen LogP contribution is -2.39. The maximum absolute atomic E-state index is 5.10. The summed E-state index contributed by atoms with van der Waals surface area (Å²) in [7, 11) is 2.23. The maximum Gasteiger partial charge on any atom is 0.204 e. The Hall–Kier alpha value is -5.49. The first-order chi connectivity index (χ1) is 23.1. The number of nitrogens with zero attached hydrogens (tertiary/aromatic N) is 6. The molecule has 234 valence electrons. The van der Waals surface area contributed by atoms with Crippen LogP contribution in [0.3, 0.4) is 0 Å². The van der Waals surface area contributed by atoms with Crippen LogP contribution in [0.4, 0.5) is 5.69 Å². The summed E-state index contributed by atoms with van der Waals surface area (Å²) in [6.45, 7) is 4.51. The van der Waals surface area contributed by atoms with Gasteiger partial charge in [0.1, 0.15) is 6.17 Å². The summed E-state index contributed by atoms with van der Waals surface area (Å²) in [5, 5.41) is 14.5. The molecule has 1 aromatic heterocycles. The Bertz CT molecular complexity index is 1840. The summed E-state index contributed by atoms with van der Waals surface area (Å²) in [5.74, 6) is 0.587. The second kappa shape index (κ2) is 13.1. The van der Waals surface area contributed by atoms with Crippen LogP contribution in [0.15, 0.2) is 157 Å². The zero-order chi connectivity index (χ0) is 32.2. The van der Waals surface area contributed by atoms with E-state index in [9.17, 15) is 0 Å². The van der Waals surface area contributed by atoms with Crippen LogP contribution in [0.5, 0.6) is 0 Å². The number of hydrogen-bond donors (Lipinski definition) is 0. The molecule has 1 atom stereocenters. The summed E-state index contributed by atoms with van der Waals surface area (Å²) >= 11 is 0. The van der Waals surface area contributed by atoms with Crippen molar-refractivity contribution < 1.29 is 0 Å². The van der Waals surface area contributed by atoms with Crippen molar-refractivity contribution in [2.24, 2.45) is 0 Å². The van der Waals surface area contributed by atoms with Gasteiger partial charge in [-0.2, -0.15) is 0 Å². The van der Waals surface area contributed by atoms with Crippen molar-refractivity contribution in [3.8, 4) is 11.4 Å². The van der Waals surface area contributed by atoms with Crippen molar-refractivity contribution in [2.45, 2.75) is 44.8 Å². The van der Waals surface area contributed by atoms with Gasteiger partial charge in [-0.15, -0.1) is 15.0 Å². The van der Waals surface area contributed by atoms with Gasteiger partial charge >= 0.3 is 0 Å². The molecule has 6 heteroatoms. The van der Waals surface area contributed by atoms with E-state index in [0.717, 1.165) is 41.5 Å². The highest BCUT2D eigenvalue weighted by atomic mass is 15.6. The Labute approximate surface area is 277 Å². The maximum atomic E-state index is 5.10. The van der Waals surface area contributed by atoms with E-state index in [4.69, 9.17) is 10.3 Å². The predicted molar refractivity (Wildman–Crippen MR) is 190 cm³/mol. The van der Waals surface area contributed by atoms with Crippen LogP contribution >= 0.6 is 0 Å². The molecule has 2 heterocycles. The highest BCUT2D eigenvalue weighted by Gasteiger charge is 2.41. The first-order valence-corrected chi connectivity index (χ1v) is 16.4. The minimum Gasteiger partial charge on any atom is -0.356 e. The number of benzene rings is 5. The zero-order valence-electron chi connectivity index (χ0n) is 27.2. The number of anilines is 1. The molecule has 6 nitrogen and oxygen atoms in total. The quantitative estimate of drug-likeness (QED) is 0.144. The van der Waals surface area contributed by atoms with Crippen LogP contribution in [-0.2, 0) is 12.0 Å². The van der Waals surface area contributed by atoms with Gasteiger partial charge in [0, 0.05) is 36.1 Å². The molecule has 7 rings (SSSR count). The largest absolute Gasteiger partial charge is 0.356 e. The van der Waals surface area contributed by atoms with Crippen molar-refractivity contribution in [2.75, 3.05) is 11.9 Å². The van der Waals surface area contributed by atoms with Crippen molar-refractivity contribution in [3.63, 3.8) is 0 Å². The summed E-state index contributed by atoms with van der Waals surface area (Å²) in [5.41, 5.74) is 8.45. The molecule has 0 N–H and O–H groups in total. The number of aromatic nitrogens is 4. The Morgan fingerprint density at radius 3 is 1.68 bits per heavy atom. The van der Waals surface area contributed by atoms with Crippen LogP contribution in [-0.4, -0.2) is 38.3 Å². The summed E-state index contributed by atoms with van der Waals surface area (Å²) < 4.78 is 0. The molecular weight excluding hydrogens is 576 g/mol. The Balaban J connectivity index is 1.27. The lowest BCUT2D eigenvalue weighted by Gasteiger charge is -2.34. The number of rotatable bonds is 10. The molecule has 0 radical (unpaired) electrons. The van der Waals surface area contributed by atoms with E-state index in [-0.39, 0.29) is 6.17 Å². The second-order valence-corrected chi connectivity index (χ2v) is 12.2. The predicted octanol–water partition coefficient (Wildman–Crippen LogP) is 8.53. The van der Waals surface area contributed by atoms with Gasteiger partial charge in [0.2, 0.25) is 5.82 Å². The van der Waals surface area contributed by atoms with Crippen LogP contribution in [0.25, 0.3) is 11.4 Å². The normalized spacial score (nSPS) is 15.0. The lowest BCUT2D eigenvalue weighted by atomic mass is 9.77. The molecule has 0 saturated heterocycles. The summed E-state index contributed by atoms with van der Waals surface area (Å²) in [4.78, 5) is 6.73. The molecule has 0 aliphatic carbocycles. The second-order valence-electron chi connectivity index (χ2n) is 12.2. The fourth-order valence-corrected chi connectivity index (χ4v) is 7.09. The molecule has 1 aliphatic heterocycles. The van der Waals surface area contributed by atoms with Gasteiger partial charge < -0.3 is 9.80 Å². The third-order valence-electron chi connectivity index (χ3n) is 9.40. The van der Waals surface area contributed by atoms with Gasteiger partial charge in [-0.1, -0.05) is 135 Å². The highest BCUT2D eigenvalue weighted by molar-refractivity contribution is 5.63. The zero-order valence-corrected chi connectivity index (χ0v) is 27.2. The monoisotopic (exact) mass is 616 g/mol. The number of likely N-dealkylation sites (N-methyl/N-ethyl adjacent to an activating group) is 1. The fourth-order valence-electron chi connectivity index (χ4n) is 7.09. The lowest BCUT2D eigenvalue weighted by molar-refractivity contribution is 0.311. The number of hydrogen-bond acceptors (Lipinski definition) is 5. The minimum atomic E-state index is -0.806. The van der Waals surface area contributed by atoms with Crippen LogP contribution in [0.1, 0.15) is 48.9 Å². The average molecular weight is 617 g/mol. The summed E-state index contributed by atoms with van der Waals surface area (Å²) in [6, 6.07) is 50.7. The van der Waals surface area contributed by atoms with E-state index >= 15 is 0 Å². The molecule has 0 amide bonds. The fraction of sp³-hybridized carbons (Fsp3) is 0.195. The molecule has 5 aromatic carbocycles. The SMILES string of the molecule is CCCC1N(C)C(Cc2ccccc2)=C(C)N1c1ccc(-c2nnn(C(c3ccccc3)(c3ccccc3)c3ccccc3)n2)cc1. The highest BCUT2D eigenvalue weighted by Crippen LogP contribution is 2.40. The van der Waals surface area contributed by atoms with Gasteiger partial charge in [-0.25, -0.2) is 0 Å². The minimum absolute atomic E-state index is 0.270. The molecule has 0 fully saturated rings. The standard InChI is InChI=1S/C41H40N6/c1-4-17-39-45(3)38(30-32-18-9-5-10-19-32)31(2)46(39)37-28-26-33(27-29-37)40-42-44-47(43-40)41(34-20-11-6-12-21-34,35-22-13-7-14-23-35)36-24-15-8-16-25-36/h5-16,18-29,39H,4,17,30H2,1-3H3. The number of tetrazole rings is 1. The van der Waals surface area contributed by atoms with Gasteiger partial charge in [0.15, 0.2) is 5.54 Å². The Morgan fingerprint density at radius 2 is 1.17 bits per heavy atom. The van der Waals surface area contributed by atoms with E-state index in [1.54, 1.807) is 4.80 Å². The van der Waals surface area contributed by atoms with Crippen LogP contribution < -0.4 is 4.90 Å². The molecule has 1 aliphatic rings. The Morgan fingerprint density at radius 1 is 0.660 bits per heavy atom. The molecule has 0 saturated carbocycles. The average Bonchev–Trinajstić information content (AvgIpc) is 3.71. The van der Waals surface area contributed by atoms with Crippen molar-refractivity contribution in [3.05, 3.63) is 179 Å². The van der Waals surface area contributed by atoms with Gasteiger partial charge in [0.05, 0.1) is 0 Å². The molecular formula is C41H40N6. The van der Waals surface area contributed by atoms with E-state index in [1.165, 1.54) is 22.6 Å². The molecule has 1 unspecified atom stereocenters. The molecule has 6 aromatic rings. The molecule has 0 bridgehead atoms. The molecule has 0 spiro atoms. The van der Waals surface area contributed by atoms with E-state index < -0.39 is 5.54 Å². The topological polar surface area (TPSA) is 50.1 Å².